The third-order valence-corrected chi connectivity index (χ3v) is 5.76. The second kappa shape index (κ2) is 9.11. The number of rotatable bonds is 6. The quantitative estimate of drug-likeness (QED) is 0.657. The Morgan fingerprint density at radius 3 is 2.62 bits per heavy atom. The van der Waals surface area contributed by atoms with Crippen LogP contribution < -0.4 is 24.6 Å². The molecule has 6 heteroatoms. The molecule has 1 saturated heterocycles. The normalized spacial score (nSPS) is 21.8. The third-order valence-electron chi connectivity index (χ3n) is 5.76. The molecule has 3 N–H and O–H groups in total. The van der Waals surface area contributed by atoms with Gasteiger partial charge >= 0.3 is 0 Å². The smallest absolute Gasteiger partial charge is 0.282 e. The molecule has 0 radical (unpaired) electrons. The van der Waals surface area contributed by atoms with E-state index in [0.29, 0.717) is 5.75 Å². The summed E-state index contributed by atoms with van der Waals surface area (Å²) in [5.74, 6) is 1.46. The van der Waals surface area contributed by atoms with Gasteiger partial charge in [-0.15, -0.1) is 0 Å². The van der Waals surface area contributed by atoms with Crippen LogP contribution in [0.25, 0.3) is 6.08 Å². The van der Waals surface area contributed by atoms with E-state index >= 15 is 0 Å². The van der Waals surface area contributed by atoms with Crippen LogP contribution in [-0.4, -0.2) is 51.5 Å². The summed E-state index contributed by atoms with van der Waals surface area (Å²) in [5, 5.41) is 3.02. The molecule has 0 spiro atoms. The van der Waals surface area contributed by atoms with E-state index in [1.54, 1.807) is 4.90 Å². The van der Waals surface area contributed by atoms with Gasteiger partial charge in [0.25, 0.3) is 5.91 Å². The lowest BCUT2D eigenvalue weighted by Gasteiger charge is -2.32. The van der Waals surface area contributed by atoms with E-state index in [0.717, 1.165) is 44.2 Å². The SMILES string of the molecule is C[C@@H](C(=O)Nc1ccc2c(c1)OCO2)[NH+]1CC[NH+](C/C=C/c2ccccc2)CC1. The van der Waals surface area contributed by atoms with Crippen molar-refractivity contribution in [2.24, 2.45) is 0 Å². The van der Waals surface area contributed by atoms with Crippen molar-refractivity contribution in [1.29, 1.82) is 0 Å². The van der Waals surface area contributed by atoms with Crippen molar-refractivity contribution in [2.75, 3.05) is 44.8 Å². The molecular weight excluding hydrogens is 366 g/mol. The molecule has 2 aromatic rings. The molecule has 0 bridgehead atoms. The minimum Gasteiger partial charge on any atom is -0.454 e. The second-order valence-electron chi connectivity index (χ2n) is 7.70. The molecule has 2 aliphatic heterocycles. The number of nitrogens with one attached hydrogen (secondary N) is 3. The number of hydrogen-bond donors (Lipinski definition) is 3. The Kier molecular flexibility index (Phi) is 6.12. The first kappa shape index (κ1) is 19.5. The maximum Gasteiger partial charge on any atom is 0.282 e. The van der Waals surface area contributed by atoms with Crippen molar-refractivity contribution in [3.63, 3.8) is 0 Å². The van der Waals surface area contributed by atoms with Crippen LogP contribution in [-0.2, 0) is 4.79 Å². The Morgan fingerprint density at radius 2 is 1.83 bits per heavy atom. The van der Waals surface area contributed by atoms with E-state index in [4.69, 9.17) is 9.47 Å². The number of ether oxygens (including phenoxy) is 2. The van der Waals surface area contributed by atoms with Crippen LogP contribution in [0.2, 0.25) is 0 Å². The van der Waals surface area contributed by atoms with Gasteiger partial charge in [0, 0.05) is 11.8 Å². The molecule has 2 heterocycles. The van der Waals surface area contributed by atoms with Gasteiger partial charge in [0.15, 0.2) is 17.5 Å². The number of carbonyl (C=O) groups excluding carboxylic acids is 1. The first-order chi connectivity index (χ1) is 14.2. The fraction of sp³-hybridized carbons (Fsp3) is 0.348. The van der Waals surface area contributed by atoms with E-state index in [-0.39, 0.29) is 18.7 Å². The summed E-state index contributed by atoms with van der Waals surface area (Å²) in [6, 6.07) is 15.8. The fourth-order valence-corrected chi connectivity index (χ4v) is 3.90. The standard InChI is InChI=1S/C23H27N3O3/c1-18(23(27)24-20-9-10-21-22(16-20)29-17-28-21)26-14-12-25(13-15-26)11-5-8-19-6-3-2-4-7-19/h2-10,16,18H,11-15,17H2,1H3,(H,24,27)/p+2/b8-5+/t18-/m0/s1. The van der Waals surface area contributed by atoms with Crippen LogP contribution in [0, 0.1) is 0 Å². The van der Waals surface area contributed by atoms with E-state index in [9.17, 15) is 4.79 Å². The average Bonchev–Trinajstić information content (AvgIpc) is 3.22. The molecule has 1 amide bonds. The van der Waals surface area contributed by atoms with Crippen LogP contribution in [0.4, 0.5) is 5.69 Å². The van der Waals surface area contributed by atoms with Crippen LogP contribution in [0.5, 0.6) is 11.5 Å². The van der Waals surface area contributed by atoms with Gasteiger partial charge in [0.2, 0.25) is 6.79 Å². The highest BCUT2D eigenvalue weighted by atomic mass is 16.7. The Morgan fingerprint density at radius 1 is 1.07 bits per heavy atom. The minimum absolute atomic E-state index is 0.0475. The summed E-state index contributed by atoms with van der Waals surface area (Å²) in [6.45, 7) is 7.44. The highest BCUT2D eigenvalue weighted by molar-refractivity contribution is 5.94. The molecule has 29 heavy (non-hydrogen) atoms. The molecule has 2 aliphatic rings. The van der Waals surface area contributed by atoms with Crippen molar-refractivity contribution in [2.45, 2.75) is 13.0 Å². The zero-order chi connectivity index (χ0) is 20.1. The zero-order valence-electron chi connectivity index (χ0n) is 16.8. The molecule has 1 fully saturated rings. The minimum atomic E-state index is -0.0816. The third kappa shape index (κ3) is 4.96. The highest BCUT2D eigenvalue weighted by Crippen LogP contribution is 2.34. The maximum atomic E-state index is 12.7. The molecule has 152 valence electrons. The number of carbonyl (C=O) groups is 1. The van der Waals surface area contributed by atoms with Gasteiger partial charge in [-0.25, -0.2) is 0 Å². The van der Waals surface area contributed by atoms with Crippen molar-refractivity contribution >= 4 is 17.7 Å². The maximum absolute atomic E-state index is 12.7. The fourth-order valence-electron chi connectivity index (χ4n) is 3.90. The van der Waals surface area contributed by atoms with Crippen molar-refractivity contribution in [3.8, 4) is 11.5 Å². The Bertz CT molecular complexity index is 861. The highest BCUT2D eigenvalue weighted by Gasteiger charge is 2.30. The lowest BCUT2D eigenvalue weighted by atomic mass is 10.2. The first-order valence-electron chi connectivity index (χ1n) is 10.3. The molecular formula is C23H29N3O3+2. The van der Waals surface area contributed by atoms with Crippen LogP contribution in [0.1, 0.15) is 12.5 Å². The molecule has 2 aromatic carbocycles. The number of benzene rings is 2. The molecule has 0 unspecified atom stereocenters. The summed E-state index contributed by atoms with van der Waals surface area (Å²) in [7, 11) is 0. The number of piperazine rings is 1. The monoisotopic (exact) mass is 395 g/mol. The van der Waals surface area contributed by atoms with E-state index in [2.05, 4.69) is 41.7 Å². The van der Waals surface area contributed by atoms with E-state index in [1.165, 1.54) is 10.5 Å². The van der Waals surface area contributed by atoms with Crippen LogP contribution >= 0.6 is 0 Å². The molecule has 6 nitrogen and oxygen atoms in total. The lowest BCUT2D eigenvalue weighted by molar-refractivity contribution is -1.02. The topological polar surface area (TPSA) is 56.4 Å². The van der Waals surface area contributed by atoms with Gasteiger partial charge in [-0.1, -0.05) is 36.4 Å². The summed E-state index contributed by atoms with van der Waals surface area (Å²) in [6.07, 6.45) is 4.44. The summed E-state index contributed by atoms with van der Waals surface area (Å²) >= 11 is 0. The van der Waals surface area contributed by atoms with E-state index in [1.807, 2.05) is 31.2 Å². The molecule has 0 aliphatic carbocycles. The number of fused-ring (bicyclic) bond motifs is 1. The van der Waals surface area contributed by atoms with Gasteiger partial charge in [-0.2, -0.15) is 0 Å². The Labute approximate surface area is 171 Å². The lowest BCUT2D eigenvalue weighted by Crippen LogP contribution is -3.29. The second-order valence-corrected chi connectivity index (χ2v) is 7.70. The molecule has 1 atom stereocenters. The molecule has 0 saturated carbocycles. The Balaban J connectivity index is 1.23. The molecule has 4 rings (SSSR count). The van der Waals surface area contributed by atoms with Gasteiger partial charge in [0.05, 0.1) is 6.54 Å². The van der Waals surface area contributed by atoms with Crippen molar-refractivity contribution in [1.82, 2.24) is 0 Å². The van der Waals surface area contributed by atoms with Crippen molar-refractivity contribution < 1.29 is 24.1 Å². The summed E-state index contributed by atoms with van der Waals surface area (Å²) in [5.41, 5.74) is 1.99. The number of quaternary nitrogens is 2. The van der Waals surface area contributed by atoms with Gasteiger partial charge < -0.3 is 24.6 Å². The van der Waals surface area contributed by atoms with Crippen LogP contribution in [0.3, 0.4) is 0 Å². The molecule has 0 aromatic heterocycles. The summed E-state index contributed by atoms with van der Waals surface area (Å²) < 4.78 is 10.7. The number of amides is 1. The zero-order valence-corrected chi connectivity index (χ0v) is 16.8. The summed E-state index contributed by atoms with van der Waals surface area (Å²) in [4.78, 5) is 15.6. The van der Waals surface area contributed by atoms with Crippen LogP contribution in [0.15, 0.2) is 54.6 Å². The average molecular weight is 396 g/mol. The van der Waals surface area contributed by atoms with Gasteiger partial charge in [-0.05, 0) is 30.7 Å². The van der Waals surface area contributed by atoms with Gasteiger partial charge in [0.1, 0.15) is 26.2 Å². The Hall–Kier alpha value is -2.83. The largest absolute Gasteiger partial charge is 0.454 e. The number of hydrogen-bond acceptors (Lipinski definition) is 3. The predicted octanol–water partition coefficient (Wildman–Crippen LogP) is 0.239. The van der Waals surface area contributed by atoms with Crippen molar-refractivity contribution in [3.05, 3.63) is 60.2 Å². The predicted molar refractivity (Wildman–Crippen MR) is 112 cm³/mol. The van der Waals surface area contributed by atoms with E-state index < -0.39 is 0 Å². The van der Waals surface area contributed by atoms with Gasteiger partial charge in [-0.3, -0.25) is 4.79 Å². The number of anilines is 1. The first-order valence-corrected chi connectivity index (χ1v) is 10.3.